The lowest BCUT2D eigenvalue weighted by molar-refractivity contribution is 0.0551. The second kappa shape index (κ2) is 3.46. The number of nitrogens with zero attached hydrogens (tertiary/aromatic N) is 2. The van der Waals surface area contributed by atoms with Crippen LogP contribution in [0, 0.1) is 22.3 Å². The second-order valence-corrected chi connectivity index (χ2v) is 6.28. The normalized spacial score (nSPS) is 25.4. The van der Waals surface area contributed by atoms with Crippen LogP contribution < -0.4 is 0 Å². The fourth-order valence-electron chi connectivity index (χ4n) is 3.14. The lowest BCUT2D eigenvalue weighted by Crippen LogP contribution is -2.43. The van der Waals surface area contributed by atoms with Crippen molar-refractivity contribution in [3.05, 3.63) is 0 Å². The Morgan fingerprint density at radius 1 is 1.14 bits per heavy atom. The first-order valence-electron chi connectivity index (χ1n) is 5.38. The van der Waals surface area contributed by atoms with E-state index in [-0.39, 0.29) is 0 Å². The van der Waals surface area contributed by atoms with Crippen LogP contribution in [-0.2, 0) is 0 Å². The van der Waals surface area contributed by atoms with Crippen LogP contribution in [0.25, 0.3) is 0 Å². The molecule has 80 valence electrons. The van der Waals surface area contributed by atoms with Crippen LogP contribution in [0.1, 0.15) is 47.0 Å². The summed E-state index contributed by atoms with van der Waals surface area (Å²) in [5.74, 6) is 0. The van der Waals surface area contributed by atoms with Crippen molar-refractivity contribution >= 4 is 0 Å². The number of rotatable bonds is 1. The number of hydrogen-bond donors (Lipinski definition) is 0. The lowest BCUT2D eigenvalue weighted by atomic mass is 9.63. The average molecular weight is 194 g/mol. The predicted molar refractivity (Wildman–Crippen MR) is 58.6 cm³/mol. The molecule has 0 aromatic carbocycles. The Bertz CT molecular complexity index is 232. The SMILES string of the molecule is CN(C#N)C1CC(C)(C)CC(C)(C)C1. The summed E-state index contributed by atoms with van der Waals surface area (Å²) < 4.78 is 0. The summed E-state index contributed by atoms with van der Waals surface area (Å²) in [7, 11) is 1.90. The second-order valence-electron chi connectivity index (χ2n) is 6.28. The summed E-state index contributed by atoms with van der Waals surface area (Å²) in [5.41, 5.74) is 0.745. The smallest absolute Gasteiger partial charge is 0.179 e. The van der Waals surface area contributed by atoms with Gasteiger partial charge in [0.1, 0.15) is 0 Å². The van der Waals surface area contributed by atoms with Gasteiger partial charge in [0.25, 0.3) is 0 Å². The molecule has 0 radical (unpaired) electrons. The first-order chi connectivity index (χ1) is 6.26. The van der Waals surface area contributed by atoms with E-state index < -0.39 is 0 Å². The van der Waals surface area contributed by atoms with Crippen LogP contribution in [0.4, 0.5) is 0 Å². The molecule has 2 nitrogen and oxygen atoms in total. The molecule has 0 N–H and O–H groups in total. The van der Waals surface area contributed by atoms with E-state index in [4.69, 9.17) is 5.26 Å². The van der Waals surface area contributed by atoms with Crippen molar-refractivity contribution in [3.63, 3.8) is 0 Å². The molecule has 0 aromatic heterocycles. The van der Waals surface area contributed by atoms with Crippen LogP contribution in [0.3, 0.4) is 0 Å². The molecular formula is C12H22N2. The van der Waals surface area contributed by atoms with Crippen LogP contribution in [0.2, 0.25) is 0 Å². The molecule has 1 fully saturated rings. The molecule has 0 saturated heterocycles. The summed E-state index contributed by atoms with van der Waals surface area (Å²) in [6, 6.07) is 0.429. The molecule has 1 aliphatic rings. The molecule has 1 saturated carbocycles. The molecule has 0 aliphatic heterocycles. The molecule has 1 aliphatic carbocycles. The zero-order valence-electron chi connectivity index (χ0n) is 10.1. The van der Waals surface area contributed by atoms with Crippen LogP contribution >= 0.6 is 0 Å². The highest BCUT2D eigenvalue weighted by atomic mass is 15.1. The van der Waals surface area contributed by atoms with Crippen LogP contribution in [0.15, 0.2) is 0 Å². The Morgan fingerprint density at radius 3 is 1.93 bits per heavy atom. The molecule has 0 bridgehead atoms. The Kier molecular flexibility index (Phi) is 2.81. The zero-order valence-corrected chi connectivity index (χ0v) is 10.1. The first-order valence-corrected chi connectivity index (χ1v) is 5.38. The number of nitriles is 1. The van der Waals surface area contributed by atoms with Gasteiger partial charge in [0.05, 0.1) is 0 Å². The first kappa shape index (κ1) is 11.4. The molecule has 0 amide bonds. The quantitative estimate of drug-likeness (QED) is 0.474. The fourth-order valence-corrected chi connectivity index (χ4v) is 3.14. The van der Waals surface area contributed by atoms with Crippen molar-refractivity contribution in [2.24, 2.45) is 10.8 Å². The van der Waals surface area contributed by atoms with E-state index in [1.54, 1.807) is 0 Å². The van der Waals surface area contributed by atoms with Gasteiger partial charge in [-0.3, -0.25) is 0 Å². The molecule has 2 heteroatoms. The van der Waals surface area contributed by atoms with Gasteiger partial charge in [-0.05, 0) is 30.1 Å². The van der Waals surface area contributed by atoms with Gasteiger partial charge >= 0.3 is 0 Å². The monoisotopic (exact) mass is 194 g/mol. The molecule has 0 unspecified atom stereocenters. The van der Waals surface area contributed by atoms with Crippen molar-refractivity contribution in [2.45, 2.75) is 53.0 Å². The largest absolute Gasteiger partial charge is 0.311 e. The minimum atomic E-state index is 0.373. The molecule has 0 spiro atoms. The van der Waals surface area contributed by atoms with E-state index in [0.717, 1.165) is 12.8 Å². The maximum absolute atomic E-state index is 8.90. The van der Waals surface area contributed by atoms with Gasteiger partial charge in [-0.2, -0.15) is 5.26 Å². The van der Waals surface area contributed by atoms with Gasteiger partial charge < -0.3 is 4.90 Å². The molecular weight excluding hydrogens is 172 g/mol. The van der Waals surface area contributed by atoms with Gasteiger partial charge in [0.15, 0.2) is 6.19 Å². The topological polar surface area (TPSA) is 27.0 Å². The average Bonchev–Trinajstić information content (AvgIpc) is 1.97. The third-order valence-electron chi connectivity index (χ3n) is 3.24. The van der Waals surface area contributed by atoms with Gasteiger partial charge in [-0.25, -0.2) is 0 Å². The third-order valence-corrected chi connectivity index (χ3v) is 3.24. The predicted octanol–water partition coefficient (Wildman–Crippen LogP) is 3.00. The van der Waals surface area contributed by atoms with E-state index in [9.17, 15) is 0 Å². The third kappa shape index (κ3) is 2.64. The zero-order chi connectivity index (χ0) is 11.0. The van der Waals surface area contributed by atoms with E-state index in [0.29, 0.717) is 16.9 Å². The minimum Gasteiger partial charge on any atom is -0.311 e. The minimum absolute atomic E-state index is 0.373. The fraction of sp³-hybridized carbons (Fsp3) is 0.917. The van der Waals surface area contributed by atoms with E-state index >= 15 is 0 Å². The Hall–Kier alpha value is -0.710. The lowest BCUT2D eigenvalue weighted by Gasteiger charge is -2.46. The van der Waals surface area contributed by atoms with Crippen molar-refractivity contribution in [1.82, 2.24) is 4.90 Å². The van der Waals surface area contributed by atoms with Crippen LogP contribution in [0.5, 0.6) is 0 Å². The van der Waals surface area contributed by atoms with Crippen molar-refractivity contribution in [2.75, 3.05) is 7.05 Å². The Labute approximate surface area is 87.9 Å². The Morgan fingerprint density at radius 2 is 1.57 bits per heavy atom. The maximum atomic E-state index is 8.90. The molecule has 1 rings (SSSR count). The van der Waals surface area contributed by atoms with Gasteiger partial charge in [-0.15, -0.1) is 0 Å². The van der Waals surface area contributed by atoms with Crippen molar-refractivity contribution in [3.8, 4) is 6.19 Å². The van der Waals surface area contributed by atoms with Gasteiger partial charge in [0.2, 0.25) is 0 Å². The standard InChI is InChI=1S/C12H22N2/c1-11(2)6-10(14(5)9-13)7-12(3,4)8-11/h10H,6-8H2,1-5H3. The molecule has 14 heavy (non-hydrogen) atoms. The summed E-state index contributed by atoms with van der Waals surface area (Å²) in [6.45, 7) is 9.25. The maximum Gasteiger partial charge on any atom is 0.179 e. The van der Waals surface area contributed by atoms with Crippen molar-refractivity contribution < 1.29 is 0 Å². The molecule has 0 heterocycles. The van der Waals surface area contributed by atoms with Gasteiger partial charge in [0, 0.05) is 13.1 Å². The Balaban J connectivity index is 2.77. The van der Waals surface area contributed by atoms with Crippen molar-refractivity contribution in [1.29, 1.82) is 5.26 Å². The summed E-state index contributed by atoms with van der Waals surface area (Å²) >= 11 is 0. The van der Waals surface area contributed by atoms with Crippen LogP contribution in [-0.4, -0.2) is 18.0 Å². The number of hydrogen-bond acceptors (Lipinski definition) is 2. The van der Waals surface area contributed by atoms with E-state index in [1.807, 2.05) is 11.9 Å². The molecule has 0 aromatic rings. The van der Waals surface area contributed by atoms with Gasteiger partial charge in [-0.1, -0.05) is 27.7 Å². The van der Waals surface area contributed by atoms with E-state index in [2.05, 4.69) is 33.9 Å². The summed E-state index contributed by atoms with van der Waals surface area (Å²) in [4.78, 5) is 1.82. The molecule has 0 atom stereocenters. The van der Waals surface area contributed by atoms with E-state index in [1.165, 1.54) is 6.42 Å². The summed E-state index contributed by atoms with van der Waals surface area (Å²) in [5, 5.41) is 8.90. The summed E-state index contributed by atoms with van der Waals surface area (Å²) in [6.07, 6.45) is 5.78. The highest BCUT2D eigenvalue weighted by Gasteiger charge is 2.39. The highest BCUT2D eigenvalue weighted by molar-refractivity contribution is 4.95. The highest BCUT2D eigenvalue weighted by Crippen LogP contribution is 2.46.